The average Bonchev–Trinajstić information content (AvgIpc) is 2.67. The van der Waals surface area contributed by atoms with Gasteiger partial charge in [-0.05, 0) is 31.7 Å². The van der Waals surface area contributed by atoms with E-state index in [1.165, 1.54) is 25.8 Å². The van der Waals surface area contributed by atoms with Gasteiger partial charge in [0.15, 0.2) is 0 Å². The van der Waals surface area contributed by atoms with Gasteiger partial charge in [-0.25, -0.2) is 0 Å². The minimum absolute atomic E-state index is 0.831. The number of unbranched alkanes of at least 4 members (excludes halogenated alkanes) is 1. The Bertz CT molecular complexity index is 106. The third kappa shape index (κ3) is 3.73. The highest BCUT2D eigenvalue weighted by Crippen LogP contribution is 2.28. The topological polar surface area (TPSA) is 21.3 Å². The zero-order chi connectivity index (χ0) is 8.10. The van der Waals surface area contributed by atoms with Gasteiger partial charge in [0.2, 0.25) is 0 Å². The molecular weight excluding hydrogens is 138 g/mol. The number of methoxy groups -OCH3 is 1. The van der Waals surface area contributed by atoms with Gasteiger partial charge >= 0.3 is 0 Å². The van der Waals surface area contributed by atoms with Crippen LogP contribution in [0.15, 0.2) is 0 Å². The summed E-state index contributed by atoms with van der Waals surface area (Å²) in [4.78, 5) is 0. The molecule has 1 rings (SSSR count). The summed E-state index contributed by atoms with van der Waals surface area (Å²) in [5, 5.41) is 3.51. The fraction of sp³-hybridized carbons (Fsp3) is 1.00. The molecule has 0 heterocycles. The minimum atomic E-state index is 0.831. The van der Waals surface area contributed by atoms with E-state index in [-0.39, 0.29) is 0 Å². The first-order valence-corrected chi connectivity index (χ1v) is 4.57. The normalized spacial score (nSPS) is 28.9. The molecule has 66 valence electrons. The van der Waals surface area contributed by atoms with Crippen molar-refractivity contribution in [2.75, 3.05) is 20.3 Å². The largest absolute Gasteiger partial charge is 0.385 e. The lowest BCUT2D eigenvalue weighted by Gasteiger charge is -2.01. The Balaban J connectivity index is 1.74. The molecular formula is C9H19NO. The molecule has 0 amide bonds. The van der Waals surface area contributed by atoms with Crippen LogP contribution in [-0.4, -0.2) is 26.3 Å². The van der Waals surface area contributed by atoms with Gasteiger partial charge in [-0.3, -0.25) is 0 Å². The SMILES string of the molecule is COCCCCNC1CC1C. The van der Waals surface area contributed by atoms with E-state index in [0.29, 0.717) is 0 Å². The van der Waals surface area contributed by atoms with Crippen LogP contribution in [-0.2, 0) is 4.74 Å². The van der Waals surface area contributed by atoms with Crippen molar-refractivity contribution in [3.63, 3.8) is 0 Å². The maximum Gasteiger partial charge on any atom is 0.0462 e. The maximum absolute atomic E-state index is 4.96. The van der Waals surface area contributed by atoms with Crippen molar-refractivity contribution in [3.05, 3.63) is 0 Å². The van der Waals surface area contributed by atoms with E-state index >= 15 is 0 Å². The smallest absolute Gasteiger partial charge is 0.0462 e. The summed E-state index contributed by atoms with van der Waals surface area (Å²) in [6.45, 7) is 4.37. The molecule has 1 aliphatic carbocycles. The van der Waals surface area contributed by atoms with E-state index in [2.05, 4.69) is 12.2 Å². The molecule has 0 spiro atoms. The predicted octanol–water partition coefficient (Wildman–Crippen LogP) is 1.41. The third-order valence-corrected chi connectivity index (χ3v) is 2.29. The van der Waals surface area contributed by atoms with Crippen molar-refractivity contribution in [2.45, 2.75) is 32.2 Å². The van der Waals surface area contributed by atoms with Gasteiger partial charge in [-0.1, -0.05) is 6.92 Å². The summed E-state index contributed by atoms with van der Waals surface area (Å²) in [6, 6.07) is 0.831. The highest BCUT2D eigenvalue weighted by Gasteiger charge is 2.31. The van der Waals surface area contributed by atoms with E-state index in [4.69, 9.17) is 4.74 Å². The molecule has 2 unspecified atom stereocenters. The molecule has 0 bridgehead atoms. The van der Waals surface area contributed by atoms with Gasteiger partial charge in [0.1, 0.15) is 0 Å². The van der Waals surface area contributed by atoms with E-state index in [1.807, 2.05) is 0 Å². The van der Waals surface area contributed by atoms with Crippen LogP contribution in [0.1, 0.15) is 26.2 Å². The van der Waals surface area contributed by atoms with Gasteiger partial charge in [0.05, 0.1) is 0 Å². The van der Waals surface area contributed by atoms with Crippen molar-refractivity contribution in [2.24, 2.45) is 5.92 Å². The van der Waals surface area contributed by atoms with E-state index < -0.39 is 0 Å². The van der Waals surface area contributed by atoms with Crippen LogP contribution in [0.3, 0.4) is 0 Å². The molecule has 0 aromatic rings. The van der Waals surface area contributed by atoms with Crippen LogP contribution < -0.4 is 5.32 Å². The zero-order valence-electron chi connectivity index (χ0n) is 7.60. The van der Waals surface area contributed by atoms with Crippen molar-refractivity contribution in [1.29, 1.82) is 0 Å². The van der Waals surface area contributed by atoms with Crippen molar-refractivity contribution >= 4 is 0 Å². The summed E-state index contributed by atoms with van der Waals surface area (Å²) < 4.78 is 4.96. The summed E-state index contributed by atoms with van der Waals surface area (Å²) in [5.74, 6) is 0.928. The van der Waals surface area contributed by atoms with Crippen LogP contribution in [0.4, 0.5) is 0 Å². The van der Waals surface area contributed by atoms with Gasteiger partial charge < -0.3 is 10.1 Å². The molecule has 0 aromatic heterocycles. The number of ether oxygens (including phenoxy) is 1. The van der Waals surface area contributed by atoms with E-state index in [1.54, 1.807) is 7.11 Å². The highest BCUT2D eigenvalue weighted by atomic mass is 16.5. The van der Waals surface area contributed by atoms with Crippen LogP contribution in [0.25, 0.3) is 0 Å². The number of rotatable bonds is 6. The standard InChI is InChI=1S/C9H19NO/c1-8-7-9(8)10-5-3-4-6-11-2/h8-10H,3-7H2,1-2H3. The van der Waals surface area contributed by atoms with Crippen LogP contribution in [0.2, 0.25) is 0 Å². The molecule has 1 aliphatic rings. The van der Waals surface area contributed by atoms with Gasteiger partial charge in [0, 0.05) is 19.8 Å². The van der Waals surface area contributed by atoms with Crippen LogP contribution >= 0.6 is 0 Å². The lowest BCUT2D eigenvalue weighted by Crippen LogP contribution is -2.19. The average molecular weight is 157 g/mol. The number of hydrogen-bond donors (Lipinski definition) is 1. The van der Waals surface area contributed by atoms with Gasteiger partial charge in [0.25, 0.3) is 0 Å². The molecule has 1 saturated carbocycles. The second kappa shape index (κ2) is 4.73. The summed E-state index contributed by atoms with van der Waals surface area (Å²) >= 11 is 0. The fourth-order valence-corrected chi connectivity index (χ4v) is 1.27. The Morgan fingerprint density at radius 2 is 2.18 bits per heavy atom. The molecule has 1 N–H and O–H groups in total. The van der Waals surface area contributed by atoms with Crippen molar-refractivity contribution < 1.29 is 4.74 Å². The van der Waals surface area contributed by atoms with Crippen LogP contribution in [0.5, 0.6) is 0 Å². The number of hydrogen-bond acceptors (Lipinski definition) is 2. The summed E-state index contributed by atoms with van der Waals surface area (Å²) in [5.41, 5.74) is 0. The Morgan fingerprint density at radius 1 is 1.45 bits per heavy atom. The molecule has 0 radical (unpaired) electrons. The third-order valence-electron chi connectivity index (χ3n) is 2.29. The first-order valence-electron chi connectivity index (χ1n) is 4.57. The molecule has 0 aromatic carbocycles. The minimum Gasteiger partial charge on any atom is -0.385 e. The lowest BCUT2D eigenvalue weighted by molar-refractivity contribution is 0.192. The molecule has 11 heavy (non-hydrogen) atoms. The molecule has 2 atom stereocenters. The Morgan fingerprint density at radius 3 is 2.73 bits per heavy atom. The second-order valence-corrected chi connectivity index (χ2v) is 3.47. The van der Waals surface area contributed by atoms with Gasteiger partial charge in [-0.2, -0.15) is 0 Å². The van der Waals surface area contributed by atoms with Crippen LogP contribution in [0, 0.1) is 5.92 Å². The molecule has 2 heteroatoms. The summed E-state index contributed by atoms with van der Waals surface area (Å²) in [7, 11) is 1.76. The lowest BCUT2D eigenvalue weighted by atomic mass is 10.3. The predicted molar refractivity (Wildman–Crippen MR) is 46.7 cm³/mol. The molecule has 0 saturated heterocycles. The highest BCUT2D eigenvalue weighted by molar-refractivity contribution is 4.89. The van der Waals surface area contributed by atoms with E-state index in [0.717, 1.165) is 18.6 Å². The Hall–Kier alpha value is -0.0800. The summed E-state index contributed by atoms with van der Waals surface area (Å²) in [6.07, 6.45) is 3.81. The number of nitrogens with one attached hydrogen (secondary N) is 1. The Labute approximate surface area is 69.3 Å². The monoisotopic (exact) mass is 157 g/mol. The molecule has 0 aliphatic heterocycles. The fourth-order valence-electron chi connectivity index (χ4n) is 1.27. The van der Waals surface area contributed by atoms with Crippen molar-refractivity contribution in [3.8, 4) is 0 Å². The first kappa shape index (κ1) is 9.01. The first-order chi connectivity index (χ1) is 5.34. The van der Waals surface area contributed by atoms with Gasteiger partial charge in [-0.15, -0.1) is 0 Å². The van der Waals surface area contributed by atoms with E-state index in [9.17, 15) is 0 Å². The maximum atomic E-state index is 4.96. The zero-order valence-corrected chi connectivity index (χ0v) is 7.60. The quantitative estimate of drug-likeness (QED) is 0.589. The second-order valence-electron chi connectivity index (χ2n) is 3.47. The molecule has 2 nitrogen and oxygen atoms in total. The Kier molecular flexibility index (Phi) is 3.87. The molecule has 1 fully saturated rings. The van der Waals surface area contributed by atoms with Crippen molar-refractivity contribution in [1.82, 2.24) is 5.32 Å².